The highest BCUT2D eigenvalue weighted by atomic mass is 32.1. The van der Waals surface area contributed by atoms with Crippen molar-refractivity contribution in [3.8, 4) is 10.6 Å². The van der Waals surface area contributed by atoms with Gasteiger partial charge in [-0.25, -0.2) is 9.78 Å². The normalized spacial score (nSPS) is 14.8. The molecule has 1 saturated heterocycles. The van der Waals surface area contributed by atoms with Crippen LogP contribution in [0.2, 0.25) is 0 Å². The summed E-state index contributed by atoms with van der Waals surface area (Å²) in [4.78, 5) is 32.3. The van der Waals surface area contributed by atoms with Gasteiger partial charge in [-0.2, -0.15) is 5.10 Å². The van der Waals surface area contributed by atoms with E-state index < -0.39 is 0 Å². The zero-order chi connectivity index (χ0) is 17.1. The van der Waals surface area contributed by atoms with Gasteiger partial charge in [-0.3, -0.25) is 9.48 Å². The van der Waals surface area contributed by atoms with Gasteiger partial charge in [0.2, 0.25) is 0 Å². The fraction of sp³-hybridized carbons (Fsp3) is 0.467. The number of carbonyl (C=O) groups is 2. The molecule has 1 N–H and O–H groups in total. The summed E-state index contributed by atoms with van der Waals surface area (Å²) in [5.41, 5.74) is 1.35. The van der Waals surface area contributed by atoms with Crippen LogP contribution in [0.25, 0.3) is 10.6 Å². The summed E-state index contributed by atoms with van der Waals surface area (Å²) >= 11 is 1.43. The molecule has 0 saturated carbocycles. The van der Waals surface area contributed by atoms with Gasteiger partial charge in [0, 0.05) is 56.9 Å². The smallest absolute Gasteiger partial charge is 0.317 e. The van der Waals surface area contributed by atoms with Gasteiger partial charge in [0.05, 0.1) is 6.20 Å². The van der Waals surface area contributed by atoms with Gasteiger partial charge in [0.1, 0.15) is 10.7 Å². The van der Waals surface area contributed by atoms with E-state index in [4.69, 9.17) is 0 Å². The second-order valence-corrected chi connectivity index (χ2v) is 6.41. The van der Waals surface area contributed by atoms with Crippen LogP contribution in [0.1, 0.15) is 17.4 Å². The summed E-state index contributed by atoms with van der Waals surface area (Å²) < 4.78 is 1.71. The monoisotopic (exact) mass is 348 g/mol. The lowest BCUT2D eigenvalue weighted by atomic mass is 10.3. The van der Waals surface area contributed by atoms with Gasteiger partial charge >= 0.3 is 6.03 Å². The zero-order valence-corrected chi connectivity index (χ0v) is 14.5. The molecule has 2 aromatic rings. The molecular formula is C15H20N6O2S. The maximum atomic E-state index is 12.6. The first-order chi connectivity index (χ1) is 11.6. The first-order valence-corrected chi connectivity index (χ1v) is 8.73. The number of nitrogens with one attached hydrogen (secondary N) is 1. The predicted molar refractivity (Wildman–Crippen MR) is 90.9 cm³/mol. The van der Waals surface area contributed by atoms with Crippen LogP contribution in [0.5, 0.6) is 0 Å². The molecule has 0 spiro atoms. The largest absolute Gasteiger partial charge is 0.338 e. The average molecular weight is 348 g/mol. The van der Waals surface area contributed by atoms with Crippen LogP contribution in [-0.2, 0) is 7.05 Å². The van der Waals surface area contributed by atoms with Gasteiger partial charge < -0.3 is 15.1 Å². The van der Waals surface area contributed by atoms with Crippen LogP contribution in [0.15, 0.2) is 17.8 Å². The Kier molecular flexibility index (Phi) is 4.79. The molecule has 3 amide bonds. The molecular weight excluding hydrogens is 328 g/mol. The van der Waals surface area contributed by atoms with Crippen LogP contribution in [0.3, 0.4) is 0 Å². The van der Waals surface area contributed by atoms with E-state index in [2.05, 4.69) is 15.4 Å². The van der Waals surface area contributed by atoms with E-state index >= 15 is 0 Å². The molecule has 0 bridgehead atoms. The number of aryl methyl sites for hydroxylation is 1. The fourth-order valence-electron chi connectivity index (χ4n) is 2.57. The van der Waals surface area contributed by atoms with Crippen molar-refractivity contribution in [1.29, 1.82) is 0 Å². The highest BCUT2D eigenvalue weighted by Crippen LogP contribution is 2.23. The molecule has 24 heavy (non-hydrogen) atoms. The molecule has 3 rings (SSSR count). The molecule has 1 aliphatic rings. The van der Waals surface area contributed by atoms with E-state index in [1.807, 2.05) is 20.2 Å². The second kappa shape index (κ2) is 7.00. The van der Waals surface area contributed by atoms with Crippen molar-refractivity contribution in [1.82, 2.24) is 29.9 Å². The Hall–Kier alpha value is -2.42. The summed E-state index contributed by atoms with van der Waals surface area (Å²) in [6.07, 6.45) is 3.61. The average Bonchev–Trinajstić information content (AvgIpc) is 3.23. The van der Waals surface area contributed by atoms with Crippen molar-refractivity contribution in [2.24, 2.45) is 7.05 Å². The fourth-order valence-corrected chi connectivity index (χ4v) is 3.34. The van der Waals surface area contributed by atoms with Crippen molar-refractivity contribution in [2.75, 3.05) is 32.7 Å². The standard InChI is InChI=1S/C15H20N6O2S/c1-3-16-15(23)21-6-4-20(5-7-21)14(22)12-10-24-13(18-12)11-8-17-19(2)9-11/h8-10H,3-7H2,1-2H3,(H,16,23). The third kappa shape index (κ3) is 3.40. The maximum Gasteiger partial charge on any atom is 0.317 e. The zero-order valence-electron chi connectivity index (χ0n) is 13.7. The molecule has 0 atom stereocenters. The molecule has 1 aliphatic heterocycles. The van der Waals surface area contributed by atoms with Crippen molar-refractivity contribution >= 4 is 23.3 Å². The predicted octanol–water partition coefficient (Wildman–Crippen LogP) is 1.03. The highest BCUT2D eigenvalue weighted by molar-refractivity contribution is 7.13. The first-order valence-electron chi connectivity index (χ1n) is 7.85. The van der Waals surface area contributed by atoms with Crippen molar-refractivity contribution < 1.29 is 9.59 Å². The summed E-state index contributed by atoms with van der Waals surface area (Å²) in [7, 11) is 1.84. The molecule has 2 aromatic heterocycles. The van der Waals surface area contributed by atoms with Gasteiger partial charge in [-0.15, -0.1) is 11.3 Å². The number of nitrogens with zero attached hydrogens (tertiary/aromatic N) is 5. The number of urea groups is 1. The summed E-state index contributed by atoms with van der Waals surface area (Å²) in [5, 5.41) is 9.46. The van der Waals surface area contributed by atoms with Gasteiger partial charge in [0.15, 0.2) is 0 Å². The second-order valence-electron chi connectivity index (χ2n) is 5.56. The SMILES string of the molecule is CCNC(=O)N1CCN(C(=O)c2csc(-c3cnn(C)c3)n2)CC1. The lowest BCUT2D eigenvalue weighted by molar-refractivity contribution is 0.0660. The number of aromatic nitrogens is 3. The lowest BCUT2D eigenvalue weighted by Crippen LogP contribution is -2.53. The number of thiazole rings is 1. The topological polar surface area (TPSA) is 83.4 Å². The Balaban J connectivity index is 1.62. The minimum Gasteiger partial charge on any atom is -0.338 e. The quantitative estimate of drug-likeness (QED) is 0.898. The van der Waals surface area contributed by atoms with Crippen molar-refractivity contribution in [3.63, 3.8) is 0 Å². The number of rotatable bonds is 3. The Morgan fingerprint density at radius 1 is 1.25 bits per heavy atom. The van der Waals surface area contributed by atoms with E-state index in [0.717, 1.165) is 10.6 Å². The van der Waals surface area contributed by atoms with E-state index in [-0.39, 0.29) is 11.9 Å². The minimum absolute atomic E-state index is 0.0721. The molecule has 0 radical (unpaired) electrons. The number of amides is 3. The van der Waals surface area contributed by atoms with E-state index in [0.29, 0.717) is 38.4 Å². The highest BCUT2D eigenvalue weighted by Gasteiger charge is 2.26. The molecule has 1 fully saturated rings. The summed E-state index contributed by atoms with van der Waals surface area (Å²) in [6.45, 7) is 4.62. The summed E-state index contributed by atoms with van der Waals surface area (Å²) in [5.74, 6) is -0.0862. The molecule has 9 heteroatoms. The Morgan fingerprint density at radius 3 is 2.58 bits per heavy atom. The van der Waals surface area contributed by atoms with Crippen LogP contribution in [-0.4, -0.2) is 69.2 Å². The molecule has 0 unspecified atom stereocenters. The molecule has 0 aromatic carbocycles. The van der Waals surface area contributed by atoms with Crippen LogP contribution >= 0.6 is 11.3 Å². The van der Waals surface area contributed by atoms with E-state index in [9.17, 15) is 9.59 Å². The first kappa shape index (κ1) is 16.4. The third-order valence-corrected chi connectivity index (χ3v) is 4.75. The van der Waals surface area contributed by atoms with Gasteiger partial charge in [-0.1, -0.05) is 0 Å². The summed E-state index contributed by atoms with van der Waals surface area (Å²) in [6, 6.07) is -0.0721. The maximum absolute atomic E-state index is 12.6. The number of carbonyl (C=O) groups excluding carboxylic acids is 2. The van der Waals surface area contributed by atoms with E-state index in [1.54, 1.807) is 26.1 Å². The number of hydrogen-bond acceptors (Lipinski definition) is 5. The Labute approximate surface area is 144 Å². The van der Waals surface area contributed by atoms with Crippen molar-refractivity contribution in [2.45, 2.75) is 6.92 Å². The van der Waals surface area contributed by atoms with Gasteiger partial charge in [-0.05, 0) is 6.92 Å². The van der Waals surface area contributed by atoms with Crippen LogP contribution < -0.4 is 5.32 Å². The molecule has 8 nitrogen and oxygen atoms in total. The Bertz CT molecular complexity index is 732. The number of hydrogen-bond donors (Lipinski definition) is 1. The van der Waals surface area contributed by atoms with Crippen LogP contribution in [0, 0.1) is 0 Å². The minimum atomic E-state index is -0.0862. The molecule has 0 aliphatic carbocycles. The number of piperazine rings is 1. The third-order valence-electron chi connectivity index (χ3n) is 3.86. The van der Waals surface area contributed by atoms with E-state index in [1.165, 1.54) is 11.3 Å². The molecule has 3 heterocycles. The molecule has 128 valence electrons. The lowest BCUT2D eigenvalue weighted by Gasteiger charge is -2.34. The Morgan fingerprint density at radius 2 is 1.96 bits per heavy atom. The van der Waals surface area contributed by atoms with Crippen LogP contribution in [0.4, 0.5) is 4.79 Å². The van der Waals surface area contributed by atoms with Gasteiger partial charge in [0.25, 0.3) is 5.91 Å². The van der Waals surface area contributed by atoms with Crippen molar-refractivity contribution in [3.05, 3.63) is 23.5 Å².